The van der Waals surface area contributed by atoms with Crippen LogP contribution in [0.15, 0.2) is 70.2 Å². The number of benzene rings is 2. The predicted molar refractivity (Wildman–Crippen MR) is 119 cm³/mol. The lowest BCUT2D eigenvalue weighted by Crippen LogP contribution is -2.23. The van der Waals surface area contributed by atoms with Crippen LogP contribution < -0.4 is 10.0 Å². The molecule has 0 aliphatic rings. The van der Waals surface area contributed by atoms with Crippen molar-refractivity contribution in [3.8, 4) is 0 Å². The standard InChI is InChI=1S/C23H24N2O6S/c1-3-17-7-4-6-16(2)22(17)25-21(26)15-31-23(27)18-9-11-20(12-10-18)32(28,29)24-14-19-8-5-13-30-19/h4-13,24H,3,14-15H2,1-2H3,(H,25,26). The van der Waals surface area contributed by atoms with Crippen molar-refractivity contribution in [1.29, 1.82) is 0 Å². The van der Waals surface area contributed by atoms with Crippen molar-refractivity contribution in [3.63, 3.8) is 0 Å². The molecule has 8 nitrogen and oxygen atoms in total. The summed E-state index contributed by atoms with van der Waals surface area (Å²) in [4.78, 5) is 24.5. The van der Waals surface area contributed by atoms with E-state index in [1.807, 2.05) is 32.0 Å². The number of anilines is 1. The SMILES string of the molecule is CCc1cccc(C)c1NC(=O)COC(=O)c1ccc(S(=O)(=O)NCc2ccco2)cc1. The summed E-state index contributed by atoms with van der Waals surface area (Å²) in [5.74, 6) is -0.708. The highest BCUT2D eigenvalue weighted by molar-refractivity contribution is 7.89. The number of ether oxygens (including phenoxy) is 1. The lowest BCUT2D eigenvalue weighted by atomic mass is 10.1. The molecule has 3 rings (SSSR count). The second-order valence-electron chi connectivity index (χ2n) is 7.02. The Kier molecular flexibility index (Phi) is 7.45. The van der Waals surface area contributed by atoms with Crippen molar-refractivity contribution < 1.29 is 27.2 Å². The number of amides is 1. The molecule has 0 fully saturated rings. The van der Waals surface area contributed by atoms with Gasteiger partial charge in [0.25, 0.3) is 5.91 Å². The van der Waals surface area contributed by atoms with Crippen LogP contribution in [0.2, 0.25) is 0 Å². The molecule has 2 N–H and O–H groups in total. The van der Waals surface area contributed by atoms with E-state index in [1.165, 1.54) is 30.5 Å². The Morgan fingerprint density at radius 2 is 1.78 bits per heavy atom. The minimum Gasteiger partial charge on any atom is -0.468 e. The topological polar surface area (TPSA) is 115 Å². The Balaban J connectivity index is 1.56. The maximum Gasteiger partial charge on any atom is 0.338 e. The van der Waals surface area contributed by atoms with E-state index >= 15 is 0 Å². The molecule has 32 heavy (non-hydrogen) atoms. The summed E-state index contributed by atoms with van der Waals surface area (Å²) in [5.41, 5.74) is 2.75. The molecule has 1 heterocycles. The first kappa shape index (κ1) is 23.2. The Morgan fingerprint density at radius 3 is 2.44 bits per heavy atom. The summed E-state index contributed by atoms with van der Waals surface area (Å²) in [6.45, 7) is 3.43. The molecular formula is C23H24N2O6S. The number of carbonyl (C=O) groups excluding carboxylic acids is 2. The highest BCUT2D eigenvalue weighted by Crippen LogP contribution is 2.21. The van der Waals surface area contributed by atoms with Crippen LogP contribution in [0.3, 0.4) is 0 Å². The lowest BCUT2D eigenvalue weighted by molar-refractivity contribution is -0.119. The first-order chi connectivity index (χ1) is 15.3. The van der Waals surface area contributed by atoms with Crippen LogP contribution in [0.4, 0.5) is 5.69 Å². The quantitative estimate of drug-likeness (QED) is 0.477. The van der Waals surface area contributed by atoms with Crippen LogP contribution in [-0.2, 0) is 32.5 Å². The van der Waals surface area contributed by atoms with Gasteiger partial charge in [-0.25, -0.2) is 17.9 Å². The van der Waals surface area contributed by atoms with Gasteiger partial charge < -0.3 is 14.5 Å². The fourth-order valence-electron chi connectivity index (χ4n) is 3.02. The van der Waals surface area contributed by atoms with Gasteiger partial charge in [0.05, 0.1) is 23.3 Å². The fraction of sp³-hybridized carbons (Fsp3) is 0.217. The molecule has 0 saturated heterocycles. The third kappa shape index (κ3) is 5.83. The molecule has 0 spiro atoms. The van der Waals surface area contributed by atoms with Gasteiger partial charge in [0, 0.05) is 5.69 Å². The van der Waals surface area contributed by atoms with Gasteiger partial charge in [-0.1, -0.05) is 25.1 Å². The summed E-state index contributed by atoms with van der Waals surface area (Å²) < 4.78 is 37.3. The average Bonchev–Trinajstić information content (AvgIpc) is 3.31. The van der Waals surface area contributed by atoms with E-state index in [0.717, 1.165) is 17.5 Å². The molecule has 3 aromatic rings. The van der Waals surface area contributed by atoms with Gasteiger partial charge in [-0.05, 0) is 60.9 Å². The fourth-order valence-corrected chi connectivity index (χ4v) is 4.02. The third-order valence-electron chi connectivity index (χ3n) is 4.76. The number of hydrogen-bond acceptors (Lipinski definition) is 6. The second kappa shape index (κ2) is 10.3. The molecule has 0 radical (unpaired) electrons. The van der Waals surface area contributed by atoms with Gasteiger partial charge in [-0.3, -0.25) is 4.79 Å². The Bertz CT molecular complexity index is 1190. The Hall–Kier alpha value is -3.43. The van der Waals surface area contributed by atoms with Gasteiger partial charge in [0.15, 0.2) is 6.61 Å². The molecule has 0 aliphatic carbocycles. The second-order valence-corrected chi connectivity index (χ2v) is 8.78. The van der Waals surface area contributed by atoms with Gasteiger partial charge in [0.2, 0.25) is 10.0 Å². The van der Waals surface area contributed by atoms with Crippen molar-refractivity contribution >= 4 is 27.6 Å². The molecular weight excluding hydrogens is 432 g/mol. The molecule has 1 aromatic heterocycles. The largest absolute Gasteiger partial charge is 0.468 e. The number of rotatable bonds is 9. The van der Waals surface area contributed by atoms with Crippen molar-refractivity contribution in [1.82, 2.24) is 4.72 Å². The minimum absolute atomic E-state index is 0.00880. The van der Waals surface area contributed by atoms with Crippen molar-refractivity contribution in [3.05, 3.63) is 83.3 Å². The van der Waals surface area contributed by atoms with Crippen molar-refractivity contribution in [2.75, 3.05) is 11.9 Å². The van der Waals surface area contributed by atoms with Crippen LogP contribution in [0.5, 0.6) is 0 Å². The summed E-state index contributed by atoms with van der Waals surface area (Å²) in [6, 6.07) is 14.3. The molecule has 168 valence electrons. The predicted octanol–water partition coefficient (Wildman–Crippen LogP) is 3.42. The summed E-state index contributed by atoms with van der Waals surface area (Å²) in [5, 5.41) is 2.78. The number of para-hydroxylation sites is 1. The van der Waals surface area contributed by atoms with E-state index in [2.05, 4.69) is 10.0 Å². The zero-order valence-electron chi connectivity index (χ0n) is 17.8. The van der Waals surface area contributed by atoms with E-state index in [0.29, 0.717) is 11.4 Å². The zero-order valence-corrected chi connectivity index (χ0v) is 18.6. The van der Waals surface area contributed by atoms with Crippen LogP contribution in [0.1, 0.15) is 34.2 Å². The van der Waals surface area contributed by atoms with Gasteiger partial charge in [0.1, 0.15) is 5.76 Å². The van der Waals surface area contributed by atoms with Crippen LogP contribution >= 0.6 is 0 Å². The Labute approximate surface area is 186 Å². The van der Waals surface area contributed by atoms with E-state index in [-0.39, 0.29) is 17.0 Å². The van der Waals surface area contributed by atoms with Crippen LogP contribution in [0.25, 0.3) is 0 Å². The highest BCUT2D eigenvalue weighted by Gasteiger charge is 2.17. The molecule has 9 heteroatoms. The summed E-state index contributed by atoms with van der Waals surface area (Å²) in [6.07, 6.45) is 2.21. The summed E-state index contributed by atoms with van der Waals surface area (Å²) >= 11 is 0. The van der Waals surface area contributed by atoms with Crippen molar-refractivity contribution in [2.24, 2.45) is 0 Å². The molecule has 0 bridgehead atoms. The van der Waals surface area contributed by atoms with E-state index in [1.54, 1.807) is 12.1 Å². The maximum absolute atomic E-state index is 12.4. The zero-order chi connectivity index (χ0) is 23.1. The number of esters is 1. The van der Waals surface area contributed by atoms with Crippen molar-refractivity contribution in [2.45, 2.75) is 31.7 Å². The van der Waals surface area contributed by atoms with Crippen LogP contribution in [0, 0.1) is 6.92 Å². The molecule has 2 aromatic carbocycles. The van der Waals surface area contributed by atoms with E-state index < -0.39 is 28.5 Å². The number of aryl methyl sites for hydroxylation is 2. The molecule has 0 atom stereocenters. The Morgan fingerprint density at radius 1 is 1.03 bits per heavy atom. The number of sulfonamides is 1. The molecule has 0 aliphatic heterocycles. The summed E-state index contributed by atoms with van der Waals surface area (Å²) in [7, 11) is -3.78. The molecule has 0 unspecified atom stereocenters. The molecule has 1 amide bonds. The lowest BCUT2D eigenvalue weighted by Gasteiger charge is -2.13. The maximum atomic E-state index is 12.4. The number of hydrogen-bond donors (Lipinski definition) is 2. The van der Waals surface area contributed by atoms with Gasteiger partial charge in [-0.2, -0.15) is 0 Å². The first-order valence-corrected chi connectivity index (χ1v) is 11.5. The average molecular weight is 457 g/mol. The highest BCUT2D eigenvalue weighted by atomic mass is 32.2. The van der Waals surface area contributed by atoms with Gasteiger partial charge >= 0.3 is 5.97 Å². The number of furan rings is 1. The number of nitrogens with one attached hydrogen (secondary N) is 2. The number of carbonyl (C=O) groups is 2. The normalized spacial score (nSPS) is 11.2. The third-order valence-corrected chi connectivity index (χ3v) is 6.17. The first-order valence-electron chi connectivity index (χ1n) is 9.97. The van der Waals surface area contributed by atoms with Gasteiger partial charge in [-0.15, -0.1) is 0 Å². The minimum atomic E-state index is -3.78. The smallest absolute Gasteiger partial charge is 0.338 e. The van der Waals surface area contributed by atoms with E-state index in [4.69, 9.17) is 9.15 Å². The monoisotopic (exact) mass is 456 g/mol. The molecule has 0 saturated carbocycles. The van der Waals surface area contributed by atoms with Crippen LogP contribution in [-0.4, -0.2) is 26.9 Å². The van der Waals surface area contributed by atoms with E-state index in [9.17, 15) is 18.0 Å².